The fourth-order valence-corrected chi connectivity index (χ4v) is 2.47. The second-order valence-electron chi connectivity index (χ2n) is 5.19. The highest BCUT2D eigenvalue weighted by Gasteiger charge is 2.10. The Kier molecular flexibility index (Phi) is 5.20. The molecule has 0 radical (unpaired) electrons. The fraction of sp³-hybridized carbons (Fsp3) is 0.312. The number of halogens is 1. The smallest absolute Gasteiger partial charge is 0.213 e. The van der Waals surface area contributed by atoms with E-state index in [2.05, 4.69) is 34.8 Å². The van der Waals surface area contributed by atoms with Crippen LogP contribution < -0.4 is 15.6 Å². The third kappa shape index (κ3) is 3.95. The molecule has 0 saturated carbocycles. The highest BCUT2D eigenvalue weighted by Crippen LogP contribution is 2.27. The summed E-state index contributed by atoms with van der Waals surface area (Å²) < 4.78 is 6.80. The highest BCUT2D eigenvalue weighted by atomic mass is 79.9. The van der Waals surface area contributed by atoms with Crippen molar-refractivity contribution >= 4 is 21.6 Å². The number of hydrogen-bond donors (Lipinski definition) is 1. The minimum absolute atomic E-state index is 0.378. The van der Waals surface area contributed by atoms with Gasteiger partial charge in [0.1, 0.15) is 6.61 Å². The lowest BCUT2D eigenvalue weighted by Gasteiger charge is -2.18. The first-order valence-corrected chi connectivity index (χ1v) is 7.64. The van der Waals surface area contributed by atoms with E-state index in [1.54, 1.807) is 5.01 Å². The lowest BCUT2D eigenvalue weighted by molar-refractivity contribution is 0.292. The van der Waals surface area contributed by atoms with E-state index in [0.29, 0.717) is 18.4 Å². The summed E-state index contributed by atoms with van der Waals surface area (Å²) in [4.78, 5) is 4.51. The summed E-state index contributed by atoms with van der Waals surface area (Å²) in [5, 5.41) is 1.58. The van der Waals surface area contributed by atoms with Gasteiger partial charge in [0, 0.05) is 28.8 Å². The average molecular weight is 350 g/mol. The second-order valence-corrected chi connectivity index (χ2v) is 6.05. The second kappa shape index (κ2) is 6.91. The van der Waals surface area contributed by atoms with Crippen LogP contribution in [0.2, 0.25) is 0 Å². The van der Waals surface area contributed by atoms with Gasteiger partial charge in [0.05, 0.1) is 5.69 Å². The van der Waals surface area contributed by atoms with Crippen molar-refractivity contribution in [2.24, 2.45) is 5.84 Å². The molecule has 1 heterocycles. The first kappa shape index (κ1) is 15.8. The molecule has 5 heteroatoms. The number of hydrogen-bond acceptors (Lipinski definition) is 4. The summed E-state index contributed by atoms with van der Waals surface area (Å²) in [6, 6.07) is 11.7. The number of aromatic nitrogens is 1. The predicted octanol–water partition coefficient (Wildman–Crippen LogP) is 3.86. The van der Waals surface area contributed by atoms with E-state index >= 15 is 0 Å². The van der Waals surface area contributed by atoms with Crippen molar-refractivity contribution in [3.05, 3.63) is 52.1 Å². The van der Waals surface area contributed by atoms with E-state index in [0.717, 1.165) is 21.4 Å². The largest absolute Gasteiger partial charge is 0.473 e. The molecule has 0 atom stereocenters. The number of pyridine rings is 1. The lowest BCUT2D eigenvalue weighted by atomic mass is 10.1. The van der Waals surface area contributed by atoms with Crippen LogP contribution in [0.25, 0.3) is 0 Å². The molecule has 4 nitrogen and oxygen atoms in total. The number of rotatable bonds is 5. The van der Waals surface area contributed by atoms with Gasteiger partial charge in [0.2, 0.25) is 5.88 Å². The number of hydrazine groups is 1. The van der Waals surface area contributed by atoms with Crippen molar-refractivity contribution in [3.8, 4) is 5.88 Å². The monoisotopic (exact) mass is 349 g/mol. The minimum atomic E-state index is 0.378. The van der Waals surface area contributed by atoms with Gasteiger partial charge in [-0.3, -0.25) is 0 Å². The molecule has 1 aromatic carbocycles. The summed E-state index contributed by atoms with van der Waals surface area (Å²) in [7, 11) is 1.81. The van der Waals surface area contributed by atoms with Crippen LogP contribution in [0.3, 0.4) is 0 Å². The SMILES string of the molecule is CC(C)c1cccc(OCc2c(Br)cccc2N(C)N)n1. The molecule has 0 unspecified atom stereocenters. The number of benzene rings is 1. The van der Waals surface area contributed by atoms with Crippen LogP contribution in [0.15, 0.2) is 40.9 Å². The highest BCUT2D eigenvalue weighted by molar-refractivity contribution is 9.10. The Morgan fingerprint density at radius 3 is 2.62 bits per heavy atom. The molecule has 0 saturated heterocycles. The molecule has 2 rings (SSSR count). The van der Waals surface area contributed by atoms with Crippen molar-refractivity contribution < 1.29 is 4.74 Å². The van der Waals surface area contributed by atoms with Crippen molar-refractivity contribution in [1.82, 2.24) is 4.98 Å². The molecule has 0 fully saturated rings. The third-order valence-corrected chi connectivity index (χ3v) is 3.92. The summed E-state index contributed by atoms with van der Waals surface area (Å²) in [6.07, 6.45) is 0. The first-order chi connectivity index (χ1) is 9.99. The Morgan fingerprint density at radius 1 is 1.24 bits per heavy atom. The molecule has 0 aliphatic heterocycles. The van der Waals surface area contributed by atoms with Gasteiger partial charge in [0.15, 0.2) is 0 Å². The molecule has 0 aliphatic carbocycles. The zero-order chi connectivity index (χ0) is 15.4. The molecule has 2 aromatic rings. The quantitative estimate of drug-likeness (QED) is 0.657. The maximum atomic E-state index is 5.86. The summed E-state index contributed by atoms with van der Waals surface area (Å²) in [6.45, 7) is 4.63. The summed E-state index contributed by atoms with van der Waals surface area (Å²) >= 11 is 3.54. The molecular weight excluding hydrogens is 330 g/mol. The van der Waals surface area contributed by atoms with Gasteiger partial charge < -0.3 is 9.75 Å². The van der Waals surface area contributed by atoms with Crippen molar-refractivity contribution in [1.29, 1.82) is 0 Å². The van der Waals surface area contributed by atoms with E-state index in [-0.39, 0.29) is 0 Å². The molecule has 0 bridgehead atoms. The van der Waals surface area contributed by atoms with Crippen LogP contribution in [0.5, 0.6) is 5.88 Å². The maximum absolute atomic E-state index is 5.86. The molecule has 21 heavy (non-hydrogen) atoms. The van der Waals surface area contributed by atoms with Crippen molar-refractivity contribution in [2.45, 2.75) is 26.4 Å². The molecule has 0 spiro atoms. The van der Waals surface area contributed by atoms with Crippen molar-refractivity contribution in [2.75, 3.05) is 12.1 Å². The fourth-order valence-electron chi connectivity index (χ4n) is 2.00. The number of nitrogens with zero attached hydrogens (tertiary/aromatic N) is 2. The van der Waals surface area contributed by atoms with E-state index < -0.39 is 0 Å². The van der Waals surface area contributed by atoms with Gasteiger partial charge >= 0.3 is 0 Å². The van der Waals surface area contributed by atoms with Crippen LogP contribution in [-0.4, -0.2) is 12.0 Å². The molecule has 1 aromatic heterocycles. The van der Waals surface area contributed by atoms with Crippen LogP contribution in [-0.2, 0) is 6.61 Å². The van der Waals surface area contributed by atoms with Gasteiger partial charge in [-0.1, -0.05) is 41.9 Å². The third-order valence-electron chi connectivity index (χ3n) is 3.18. The molecule has 0 amide bonds. The first-order valence-electron chi connectivity index (χ1n) is 6.84. The number of anilines is 1. The Morgan fingerprint density at radius 2 is 1.95 bits per heavy atom. The zero-order valence-corrected chi connectivity index (χ0v) is 14.1. The minimum Gasteiger partial charge on any atom is -0.473 e. The molecule has 2 N–H and O–H groups in total. The Balaban J connectivity index is 2.19. The van der Waals surface area contributed by atoms with E-state index in [1.165, 1.54) is 0 Å². The van der Waals surface area contributed by atoms with Crippen LogP contribution in [0.4, 0.5) is 5.69 Å². The zero-order valence-electron chi connectivity index (χ0n) is 12.5. The van der Waals surface area contributed by atoms with Gasteiger partial charge in [0.25, 0.3) is 0 Å². The summed E-state index contributed by atoms with van der Waals surface area (Å²) in [5.41, 5.74) is 2.94. The number of ether oxygens (including phenoxy) is 1. The Bertz CT molecular complexity index is 614. The van der Waals surface area contributed by atoms with Crippen LogP contribution >= 0.6 is 15.9 Å². The molecule has 0 aliphatic rings. The maximum Gasteiger partial charge on any atom is 0.213 e. The van der Waals surface area contributed by atoms with Crippen LogP contribution in [0, 0.1) is 0 Å². The van der Waals surface area contributed by atoms with Gasteiger partial charge in [-0.05, 0) is 24.1 Å². The Labute approximate surface area is 134 Å². The van der Waals surface area contributed by atoms with E-state index in [1.807, 2.05) is 43.4 Å². The molecular formula is C16H20BrN3O. The lowest BCUT2D eigenvalue weighted by Crippen LogP contribution is -2.26. The standard InChI is InChI=1S/C16H20BrN3O/c1-11(2)14-7-5-9-16(19-14)21-10-12-13(17)6-4-8-15(12)20(3)18/h4-9,11H,10,18H2,1-3H3. The number of nitrogens with two attached hydrogens (primary N) is 1. The van der Waals surface area contributed by atoms with Gasteiger partial charge in [-0.25, -0.2) is 10.8 Å². The van der Waals surface area contributed by atoms with E-state index in [4.69, 9.17) is 10.6 Å². The van der Waals surface area contributed by atoms with Gasteiger partial charge in [-0.15, -0.1) is 0 Å². The predicted molar refractivity (Wildman–Crippen MR) is 89.4 cm³/mol. The Hall–Kier alpha value is -1.59. The topological polar surface area (TPSA) is 51.4 Å². The van der Waals surface area contributed by atoms with Gasteiger partial charge in [-0.2, -0.15) is 0 Å². The normalized spacial score (nSPS) is 10.8. The van der Waals surface area contributed by atoms with Crippen molar-refractivity contribution in [3.63, 3.8) is 0 Å². The van der Waals surface area contributed by atoms with E-state index in [9.17, 15) is 0 Å². The van der Waals surface area contributed by atoms with Crippen LogP contribution in [0.1, 0.15) is 31.0 Å². The molecule has 112 valence electrons. The summed E-state index contributed by atoms with van der Waals surface area (Å²) in [5.74, 6) is 6.86. The average Bonchev–Trinajstić information content (AvgIpc) is 2.46.